The average Bonchev–Trinajstić information content (AvgIpc) is 3.89. The number of hydrogen-bond donors (Lipinski definition) is 1. The molecule has 0 aliphatic carbocycles. The molecule has 1 atom stereocenters. The van der Waals surface area contributed by atoms with Crippen molar-refractivity contribution in [3.8, 4) is 23.0 Å². The number of benzene rings is 4. The van der Waals surface area contributed by atoms with E-state index in [1.807, 2.05) is 18.2 Å². The minimum atomic E-state index is -5.76. The first-order chi connectivity index (χ1) is 34.8. The molecule has 408 valence electrons. The third-order valence-electron chi connectivity index (χ3n) is 12.1. The number of nitrogens with zero attached hydrogens (tertiary/aromatic N) is 1. The molecule has 3 amide bonds. The van der Waals surface area contributed by atoms with Crippen molar-refractivity contribution in [3.63, 3.8) is 0 Å². The molecule has 0 saturated carbocycles. The first-order valence-electron chi connectivity index (χ1n) is 23.9. The maximum atomic E-state index is 14.0. The van der Waals surface area contributed by atoms with Crippen molar-refractivity contribution in [3.05, 3.63) is 118 Å². The van der Waals surface area contributed by atoms with Crippen molar-refractivity contribution >= 4 is 11.9 Å². The van der Waals surface area contributed by atoms with Gasteiger partial charge in [-0.25, -0.2) is 4.79 Å². The van der Waals surface area contributed by atoms with Gasteiger partial charge in [-0.1, -0.05) is 89.1 Å². The number of halogens is 12. The lowest BCUT2D eigenvalue weighted by atomic mass is 9.89. The summed E-state index contributed by atoms with van der Waals surface area (Å²) in [5.74, 6) is 0.944. The van der Waals surface area contributed by atoms with Gasteiger partial charge in [0.1, 0.15) is 23.6 Å². The van der Waals surface area contributed by atoms with E-state index in [1.165, 1.54) is 13.8 Å². The molecular weight excluding hydrogens is 1010 g/mol. The predicted molar refractivity (Wildman–Crippen MR) is 247 cm³/mol. The molecule has 2 heterocycles. The molecule has 1 saturated heterocycles. The monoisotopic (exact) mass is 1070 g/mol. The number of ether oxygens (including phenoxy) is 6. The third-order valence-corrected chi connectivity index (χ3v) is 12.1. The number of unbranched alkanes of at least 4 members (excludes halogenated alkanes) is 1. The zero-order valence-electron chi connectivity index (χ0n) is 41.2. The highest BCUT2D eigenvalue weighted by Gasteiger charge is 2.74. The average molecular weight is 1070 g/mol. The molecule has 1 unspecified atom stereocenters. The lowest BCUT2D eigenvalue weighted by molar-refractivity contribution is -0.390. The SMILES string of the molecule is CCCOC(c1ccc(OCCCCN2C(=O)NC(C)(c3ccc4c(c3)OCO4)C2=O)c(CCC)c1)(C(F)(F)F)C(F)(F)F.CCCOC(c1ccc(OCc2ccccc2)c(CCC)c1)(C(F)(F)F)C(F)(F)F. The normalized spacial score (nSPS) is 16.3. The van der Waals surface area contributed by atoms with Crippen molar-refractivity contribution in [2.24, 2.45) is 0 Å². The van der Waals surface area contributed by atoms with Crippen LogP contribution in [0, 0.1) is 0 Å². The molecule has 2 aliphatic heterocycles. The van der Waals surface area contributed by atoms with Crippen LogP contribution in [-0.4, -0.2) is 74.7 Å². The second-order valence-electron chi connectivity index (χ2n) is 17.6. The maximum Gasteiger partial charge on any atom is 0.430 e. The van der Waals surface area contributed by atoms with Crippen LogP contribution in [0.2, 0.25) is 0 Å². The second kappa shape index (κ2) is 24.2. The molecule has 1 fully saturated rings. The predicted octanol–water partition coefficient (Wildman–Crippen LogP) is 13.7. The number of fused-ring (bicyclic) bond motifs is 1. The number of hydrogen-bond acceptors (Lipinski definition) is 8. The van der Waals surface area contributed by atoms with Crippen LogP contribution in [0.25, 0.3) is 0 Å². The van der Waals surface area contributed by atoms with Gasteiger partial charge in [0.05, 0.1) is 6.61 Å². The van der Waals surface area contributed by atoms with E-state index >= 15 is 0 Å². The zero-order chi connectivity index (χ0) is 54.8. The smallest absolute Gasteiger partial charge is 0.430 e. The zero-order valence-corrected chi connectivity index (χ0v) is 41.2. The number of rotatable bonds is 22. The highest BCUT2D eigenvalue weighted by atomic mass is 19.4. The van der Waals surface area contributed by atoms with Crippen LogP contribution in [0.4, 0.5) is 57.5 Å². The summed E-state index contributed by atoms with van der Waals surface area (Å²) in [5, 5.41) is 2.72. The molecule has 74 heavy (non-hydrogen) atoms. The molecule has 0 spiro atoms. The summed E-state index contributed by atoms with van der Waals surface area (Å²) in [5.41, 5.74) is -10.4. The fraction of sp³-hybridized carbons (Fsp3) is 0.500. The minimum Gasteiger partial charge on any atom is -0.493 e. The van der Waals surface area contributed by atoms with Crippen molar-refractivity contribution in [1.82, 2.24) is 10.2 Å². The van der Waals surface area contributed by atoms with E-state index in [0.717, 1.165) is 46.9 Å². The minimum absolute atomic E-state index is 0.00793. The summed E-state index contributed by atoms with van der Waals surface area (Å²) < 4.78 is 198. The Morgan fingerprint density at radius 1 is 0.581 bits per heavy atom. The van der Waals surface area contributed by atoms with Gasteiger partial charge in [-0.3, -0.25) is 9.69 Å². The second-order valence-corrected chi connectivity index (χ2v) is 17.6. The van der Waals surface area contributed by atoms with Gasteiger partial charge in [-0.05, 0) is 104 Å². The maximum absolute atomic E-state index is 14.0. The number of imide groups is 1. The number of nitrogens with one attached hydrogen (secondary N) is 1. The van der Waals surface area contributed by atoms with Gasteiger partial charge in [-0.15, -0.1) is 0 Å². The summed E-state index contributed by atoms with van der Waals surface area (Å²) in [6, 6.07) is 19.0. The van der Waals surface area contributed by atoms with Gasteiger partial charge in [0.15, 0.2) is 11.5 Å². The highest BCUT2D eigenvalue weighted by molar-refractivity contribution is 6.07. The molecule has 0 bridgehead atoms. The molecule has 4 aromatic rings. The number of alkyl halides is 12. The molecule has 6 rings (SSSR count). The van der Waals surface area contributed by atoms with Gasteiger partial charge >= 0.3 is 30.7 Å². The molecule has 2 aliphatic rings. The largest absolute Gasteiger partial charge is 0.493 e. The quantitative estimate of drug-likeness (QED) is 0.0471. The van der Waals surface area contributed by atoms with E-state index in [2.05, 4.69) is 14.8 Å². The van der Waals surface area contributed by atoms with E-state index in [4.69, 9.17) is 18.9 Å². The first-order valence-corrected chi connectivity index (χ1v) is 23.9. The van der Waals surface area contributed by atoms with Crippen LogP contribution < -0.4 is 24.3 Å². The Labute approximate surface area is 420 Å². The summed E-state index contributed by atoms with van der Waals surface area (Å²) in [6.07, 6.45) is -20.8. The van der Waals surface area contributed by atoms with Crippen LogP contribution in [0.3, 0.4) is 0 Å². The van der Waals surface area contributed by atoms with Crippen LogP contribution in [0.5, 0.6) is 23.0 Å². The van der Waals surface area contributed by atoms with Crippen molar-refractivity contribution in [1.29, 1.82) is 0 Å². The van der Waals surface area contributed by atoms with E-state index in [0.29, 0.717) is 42.7 Å². The Balaban J connectivity index is 0.000000295. The van der Waals surface area contributed by atoms with Crippen LogP contribution >= 0.6 is 0 Å². The summed E-state index contributed by atoms with van der Waals surface area (Å²) >= 11 is 0. The fourth-order valence-electron chi connectivity index (χ4n) is 8.38. The lowest BCUT2D eigenvalue weighted by Crippen LogP contribution is -2.56. The Morgan fingerprint density at radius 2 is 1.08 bits per heavy atom. The molecule has 4 aromatic carbocycles. The van der Waals surface area contributed by atoms with Crippen molar-refractivity contribution < 1.29 is 90.7 Å². The molecule has 0 radical (unpaired) electrons. The molecule has 0 aromatic heterocycles. The standard InChI is InChI=1S/C30H34F6N2O6.C22H24F6O2/c1-4-8-19-16-21(28(29(31,32)33,30(34,35)36)44-14-5-2)10-11-22(19)41-15-7-6-13-38-25(39)27(3,37-26(38)40)20-9-12-23-24(17-20)43-18-42-23;1-3-8-17-14-18(11-12-19(17)29-15-16-9-6-5-7-10-16)20(21(23,24)25,22(26,27)28)30-13-4-2/h9-12,16-17H,4-8,13-15,18H2,1-3H3,(H,37,40);5-7,9-12,14H,3-4,8,13,15H2,1-2H3. The molecule has 10 nitrogen and oxygen atoms in total. The van der Waals surface area contributed by atoms with E-state index in [-0.39, 0.29) is 74.9 Å². The van der Waals surface area contributed by atoms with Crippen LogP contribution in [0.1, 0.15) is 107 Å². The summed E-state index contributed by atoms with van der Waals surface area (Å²) in [4.78, 5) is 27.0. The van der Waals surface area contributed by atoms with Gasteiger partial charge in [0.2, 0.25) is 6.79 Å². The van der Waals surface area contributed by atoms with Gasteiger partial charge < -0.3 is 33.7 Å². The highest BCUT2D eigenvalue weighted by Crippen LogP contribution is 2.55. The summed E-state index contributed by atoms with van der Waals surface area (Å²) in [7, 11) is 0. The topological polar surface area (TPSA) is 105 Å². The lowest BCUT2D eigenvalue weighted by Gasteiger charge is -2.37. The van der Waals surface area contributed by atoms with E-state index in [1.54, 1.807) is 51.1 Å². The van der Waals surface area contributed by atoms with Crippen LogP contribution in [0.15, 0.2) is 84.9 Å². The number of urea groups is 1. The Morgan fingerprint density at radius 3 is 1.57 bits per heavy atom. The molecule has 22 heteroatoms. The van der Waals surface area contributed by atoms with E-state index in [9.17, 15) is 62.3 Å². The first kappa shape index (κ1) is 59.0. The fourth-order valence-corrected chi connectivity index (χ4v) is 8.38. The van der Waals surface area contributed by atoms with Gasteiger partial charge in [0, 0.05) is 30.9 Å². The number of amides is 3. The van der Waals surface area contributed by atoms with Crippen LogP contribution in [-0.2, 0) is 50.5 Å². The number of aryl methyl sites for hydroxylation is 2. The number of carbonyl (C=O) groups excluding carboxylic acids is 2. The Bertz CT molecular complexity index is 2470. The molecule has 1 N–H and O–H groups in total. The van der Waals surface area contributed by atoms with Crippen molar-refractivity contribution in [2.75, 3.05) is 33.2 Å². The summed E-state index contributed by atoms with van der Waals surface area (Å²) in [6.45, 7) is 6.87. The third kappa shape index (κ3) is 12.6. The van der Waals surface area contributed by atoms with E-state index < -0.39 is 77.7 Å². The Kier molecular flexibility index (Phi) is 19.3. The number of carbonyl (C=O) groups is 2. The van der Waals surface area contributed by atoms with Gasteiger partial charge in [0.25, 0.3) is 17.1 Å². The van der Waals surface area contributed by atoms with Crippen molar-refractivity contribution in [2.45, 2.75) is 134 Å². The Hall–Kier alpha value is -5.90. The molecular formula is C52H58F12N2O8. The van der Waals surface area contributed by atoms with Gasteiger partial charge in [-0.2, -0.15) is 52.7 Å².